The Kier molecular flexibility index (Phi) is 4.68. The Balaban J connectivity index is 1.06. The van der Waals surface area contributed by atoms with Crippen molar-refractivity contribution in [3.8, 4) is 0 Å². The molecule has 1 aliphatic heterocycles. The monoisotopic (exact) mass is 448 g/mol. The van der Waals surface area contributed by atoms with E-state index in [-0.39, 0.29) is 41.6 Å². The van der Waals surface area contributed by atoms with Crippen LogP contribution in [0.3, 0.4) is 0 Å². The average molecular weight is 448 g/mol. The van der Waals surface area contributed by atoms with Gasteiger partial charge in [0, 0.05) is 4.57 Å². The van der Waals surface area contributed by atoms with Gasteiger partial charge in [0.2, 0.25) is 5.95 Å². The third kappa shape index (κ3) is 3.59. The van der Waals surface area contributed by atoms with E-state index < -0.39 is 8.25 Å². The van der Waals surface area contributed by atoms with Crippen LogP contribution in [0.15, 0.2) is 11.1 Å². The lowest BCUT2D eigenvalue weighted by molar-refractivity contribution is -0.111. The van der Waals surface area contributed by atoms with Crippen molar-refractivity contribution in [1.29, 1.82) is 0 Å². The quantitative estimate of drug-likeness (QED) is 0.644. The van der Waals surface area contributed by atoms with Crippen LogP contribution in [0.4, 0.5) is 5.95 Å². The van der Waals surface area contributed by atoms with Crippen LogP contribution in [0.2, 0.25) is 0 Å². The van der Waals surface area contributed by atoms with Crippen LogP contribution < -0.4 is 11.3 Å². The molecule has 3 atom stereocenters. The van der Waals surface area contributed by atoms with Gasteiger partial charge in [-0.1, -0.05) is 0 Å². The van der Waals surface area contributed by atoms with Gasteiger partial charge in [0.1, 0.15) is 18.4 Å². The number of hydrogen-bond donors (Lipinski definition) is 2. The maximum Gasteiger partial charge on any atom is 0.698 e. The highest BCUT2D eigenvalue weighted by molar-refractivity contribution is 7.33. The summed E-state index contributed by atoms with van der Waals surface area (Å²) in [5, 5.41) is 0. The Hall–Kier alpha value is -1.87. The van der Waals surface area contributed by atoms with Gasteiger partial charge in [-0.15, -0.1) is 9.05 Å². The summed E-state index contributed by atoms with van der Waals surface area (Å²) in [6.45, 7) is 0.209. The Morgan fingerprint density at radius 3 is 2.65 bits per heavy atom. The molecule has 3 heterocycles. The SMILES string of the molecule is Nc1nc2c(ncn2[C@H]2CC[C@@H](CO[P+](=O)OC34CC5CC(CC(C5)C3)C4)O2)c(=O)[nH]1. The Morgan fingerprint density at radius 2 is 1.94 bits per heavy atom. The summed E-state index contributed by atoms with van der Waals surface area (Å²) in [4.78, 5) is 22.7. The molecule has 5 fully saturated rings. The van der Waals surface area contributed by atoms with Crippen molar-refractivity contribution >= 4 is 25.4 Å². The lowest BCUT2D eigenvalue weighted by Gasteiger charge is -2.53. The summed E-state index contributed by atoms with van der Waals surface area (Å²) in [6, 6.07) is 0. The zero-order valence-corrected chi connectivity index (χ0v) is 18.1. The van der Waals surface area contributed by atoms with Crippen molar-refractivity contribution in [2.24, 2.45) is 17.8 Å². The van der Waals surface area contributed by atoms with Crippen LogP contribution in [0.5, 0.6) is 0 Å². The van der Waals surface area contributed by atoms with Crippen molar-refractivity contribution < 1.29 is 18.3 Å². The molecular weight excluding hydrogens is 421 g/mol. The predicted molar refractivity (Wildman–Crippen MR) is 111 cm³/mol. The smallest absolute Gasteiger partial charge is 0.369 e. The number of aromatic amines is 1. The number of anilines is 1. The van der Waals surface area contributed by atoms with Crippen LogP contribution in [0.1, 0.15) is 57.6 Å². The van der Waals surface area contributed by atoms with Gasteiger partial charge in [-0.2, -0.15) is 4.98 Å². The molecule has 0 radical (unpaired) electrons. The number of rotatable bonds is 6. The molecule has 31 heavy (non-hydrogen) atoms. The molecule has 4 bridgehead atoms. The van der Waals surface area contributed by atoms with Crippen LogP contribution in [-0.4, -0.2) is 37.8 Å². The Morgan fingerprint density at radius 1 is 1.23 bits per heavy atom. The molecule has 0 aromatic carbocycles. The van der Waals surface area contributed by atoms with Crippen LogP contribution in [-0.2, 0) is 18.3 Å². The van der Waals surface area contributed by atoms with Crippen LogP contribution >= 0.6 is 8.25 Å². The first-order valence-electron chi connectivity index (χ1n) is 11.1. The maximum absolute atomic E-state index is 12.6. The molecule has 1 saturated heterocycles. The third-order valence-electron chi connectivity index (χ3n) is 7.46. The number of H-pyrrole nitrogens is 1. The average Bonchev–Trinajstić information content (AvgIpc) is 3.31. The van der Waals surface area contributed by atoms with Gasteiger partial charge in [-0.25, -0.2) is 4.98 Å². The summed E-state index contributed by atoms with van der Waals surface area (Å²) < 4.78 is 32.0. The van der Waals surface area contributed by atoms with Gasteiger partial charge in [0.15, 0.2) is 11.2 Å². The summed E-state index contributed by atoms with van der Waals surface area (Å²) in [7, 11) is -2.18. The third-order valence-corrected chi connectivity index (χ3v) is 8.36. The number of nitrogen functional groups attached to an aromatic ring is 1. The second kappa shape index (κ2) is 7.33. The number of nitrogens with one attached hydrogen (secondary N) is 1. The number of fused-ring (bicyclic) bond motifs is 1. The Labute approximate surface area is 179 Å². The van der Waals surface area contributed by atoms with Gasteiger partial charge >= 0.3 is 8.25 Å². The molecule has 3 N–H and O–H groups in total. The van der Waals surface area contributed by atoms with Crippen LogP contribution in [0.25, 0.3) is 11.2 Å². The lowest BCUT2D eigenvalue weighted by atomic mass is 9.54. The van der Waals surface area contributed by atoms with Gasteiger partial charge in [0.25, 0.3) is 5.56 Å². The molecule has 7 rings (SSSR count). The van der Waals surface area contributed by atoms with Crippen molar-refractivity contribution in [1.82, 2.24) is 19.5 Å². The second-order valence-electron chi connectivity index (χ2n) is 9.78. The topological polar surface area (TPSA) is 134 Å². The molecular formula is C20H27N5O5P+. The fourth-order valence-electron chi connectivity index (χ4n) is 6.64. The molecule has 166 valence electrons. The number of ether oxygens (including phenoxy) is 1. The lowest BCUT2D eigenvalue weighted by Crippen LogP contribution is -2.51. The number of aromatic nitrogens is 4. The van der Waals surface area contributed by atoms with E-state index in [0.717, 1.165) is 43.4 Å². The van der Waals surface area contributed by atoms with Crippen molar-refractivity contribution in [2.45, 2.75) is 69.3 Å². The molecule has 5 aliphatic rings. The molecule has 4 saturated carbocycles. The maximum atomic E-state index is 12.6. The second-order valence-corrected chi connectivity index (χ2v) is 10.7. The summed E-state index contributed by atoms with van der Waals surface area (Å²) >= 11 is 0. The molecule has 4 aliphatic carbocycles. The highest BCUT2D eigenvalue weighted by Crippen LogP contribution is 2.59. The van der Waals surface area contributed by atoms with Gasteiger partial charge < -0.3 is 10.5 Å². The zero-order valence-electron chi connectivity index (χ0n) is 17.2. The number of hydrogen-bond acceptors (Lipinski definition) is 8. The van der Waals surface area contributed by atoms with E-state index in [9.17, 15) is 9.36 Å². The van der Waals surface area contributed by atoms with Gasteiger partial charge in [-0.05, 0) is 69.1 Å². The minimum absolute atomic E-state index is 0.0379. The molecule has 1 unspecified atom stereocenters. The first-order chi connectivity index (χ1) is 15.0. The fourth-order valence-corrected chi connectivity index (χ4v) is 7.52. The van der Waals surface area contributed by atoms with Crippen molar-refractivity contribution in [3.63, 3.8) is 0 Å². The van der Waals surface area contributed by atoms with Crippen LogP contribution in [0, 0.1) is 17.8 Å². The first-order valence-corrected chi connectivity index (χ1v) is 12.2. The first kappa shape index (κ1) is 19.8. The van der Waals surface area contributed by atoms with E-state index >= 15 is 0 Å². The predicted octanol–water partition coefficient (Wildman–Crippen LogP) is 3.04. The van der Waals surface area contributed by atoms with Gasteiger partial charge in [0.05, 0.1) is 12.4 Å². The van der Waals surface area contributed by atoms with E-state index in [1.54, 1.807) is 4.57 Å². The minimum Gasteiger partial charge on any atom is -0.369 e. The normalized spacial score (nSPS) is 37.0. The number of imidazole rings is 1. The van der Waals surface area contributed by atoms with Crippen molar-refractivity contribution in [3.05, 3.63) is 16.7 Å². The van der Waals surface area contributed by atoms with E-state index in [1.807, 2.05) is 0 Å². The molecule has 11 heteroatoms. The zero-order chi connectivity index (χ0) is 21.2. The number of nitrogens with zero attached hydrogens (tertiary/aromatic N) is 3. The van der Waals surface area contributed by atoms with E-state index in [0.29, 0.717) is 12.1 Å². The largest absolute Gasteiger partial charge is 0.698 e. The molecule has 2 aromatic rings. The van der Waals surface area contributed by atoms with E-state index in [2.05, 4.69) is 15.0 Å². The standard InChI is InChI=1S/C20H26N5O5P/c21-19-23-17-16(18(26)24-19)22-10-25(17)15-2-1-14(29-15)9-28-31(27)30-20-6-11-3-12(7-20)5-13(4-11)8-20/h10-15H,1-9H2,(H2-,21,23,24,26)/p+1/t11?,12?,13?,14-,15+,20?/m0/s1. The molecule has 0 amide bonds. The highest BCUT2D eigenvalue weighted by Gasteiger charge is 2.56. The van der Waals surface area contributed by atoms with Crippen molar-refractivity contribution in [2.75, 3.05) is 12.3 Å². The minimum atomic E-state index is -2.18. The Bertz CT molecular complexity index is 1050. The molecule has 2 aromatic heterocycles. The summed E-state index contributed by atoms with van der Waals surface area (Å²) in [5.74, 6) is 2.23. The molecule has 10 nitrogen and oxygen atoms in total. The molecule has 0 spiro atoms. The van der Waals surface area contributed by atoms with E-state index in [4.69, 9.17) is 19.5 Å². The highest BCUT2D eigenvalue weighted by atomic mass is 31.1. The van der Waals surface area contributed by atoms with E-state index in [1.165, 1.54) is 25.6 Å². The fraction of sp³-hybridized carbons (Fsp3) is 0.750. The van der Waals surface area contributed by atoms with Gasteiger partial charge in [-0.3, -0.25) is 14.3 Å². The number of nitrogens with two attached hydrogens (primary N) is 1. The summed E-state index contributed by atoms with van der Waals surface area (Å²) in [6.07, 6.45) is 9.46. The summed E-state index contributed by atoms with van der Waals surface area (Å²) in [5.41, 5.74) is 5.67.